The van der Waals surface area contributed by atoms with Crippen LogP contribution in [0.25, 0.3) is 0 Å². The summed E-state index contributed by atoms with van der Waals surface area (Å²) in [5, 5.41) is 8.43. The third-order valence-corrected chi connectivity index (χ3v) is 3.05. The molecule has 0 aliphatic carbocycles. The summed E-state index contributed by atoms with van der Waals surface area (Å²) in [6.45, 7) is 0.0880. The molecule has 1 aliphatic rings. The van der Waals surface area contributed by atoms with Crippen molar-refractivity contribution in [2.24, 2.45) is 0 Å². The minimum Gasteiger partial charge on any atom is -0.486 e. The first-order valence-corrected chi connectivity index (χ1v) is 6.29. The molecule has 0 spiro atoms. The lowest BCUT2D eigenvalue weighted by Crippen LogP contribution is -2.18. The molecular weight excluding hydrogens is 320 g/mol. The molecule has 1 heterocycles. The van der Waals surface area contributed by atoms with Gasteiger partial charge in [-0.05, 0) is 28.1 Å². The predicted octanol–water partition coefficient (Wildman–Crippen LogP) is 1.50. The van der Waals surface area contributed by atoms with E-state index >= 15 is 0 Å². The van der Waals surface area contributed by atoms with Gasteiger partial charge in [-0.3, -0.25) is 4.79 Å². The maximum Gasteiger partial charge on any atom is 0.329 e. The number of hydrogen-bond acceptors (Lipinski definition) is 5. The molecule has 2 rings (SSSR count). The number of carboxylic acids is 1. The average Bonchev–Trinajstić information content (AvgIpc) is 2.37. The highest BCUT2D eigenvalue weighted by molar-refractivity contribution is 9.10. The number of carboxylic acid groups (broad SMARTS) is 1. The van der Waals surface area contributed by atoms with Gasteiger partial charge in [0.15, 0.2) is 17.3 Å². The van der Waals surface area contributed by atoms with E-state index in [0.29, 0.717) is 34.7 Å². The first-order valence-electron chi connectivity index (χ1n) is 5.50. The number of carbonyl (C=O) groups excluding carboxylic acids is 1. The molecule has 19 heavy (non-hydrogen) atoms. The fraction of sp³-hybridized carbons (Fsp3) is 0.333. The summed E-state index contributed by atoms with van der Waals surface area (Å²) in [5.74, 6) is -0.378. The zero-order valence-electron chi connectivity index (χ0n) is 9.85. The maximum atomic E-state index is 11.9. The molecule has 1 aromatic carbocycles. The Morgan fingerprint density at radius 2 is 1.84 bits per heavy atom. The molecular formula is C12H11BrO6. The van der Waals surface area contributed by atoms with Crippen LogP contribution >= 0.6 is 15.9 Å². The molecule has 0 fully saturated rings. The standard InChI is InChI=1S/C12H11BrO6/c13-8-4-11-10(18-1-2-19-11)3-7(8)9(14)5-17-6-12(15)16/h3-4H,1-2,5-6H2,(H,15,16). The fourth-order valence-electron chi connectivity index (χ4n) is 1.59. The van der Waals surface area contributed by atoms with Gasteiger partial charge in [-0.25, -0.2) is 4.79 Å². The van der Waals surface area contributed by atoms with Crippen molar-refractivity contribution >= 4 is 27.7 Å². The van der Waals surface area contributed by atoms with Crippen molar-refractivity contribution in [2.45, 2.75) is 0 Å². The number of aliphatic carboxylic acids is 1. The molecule has 102 valence electrons. The second kappa shape index (κ2) is 6.03. The largest absolute Gasteiger partial charge is 0.486 e. The van der Waals surface area contributed by atoms with Crippen molar-refractivity contribution in [3.05, 3.63) is 22.2 Å². The van der Waals surface area contributed by atoms with Gasteiger partial charge in [0, 0.05) is 10.0 Å². The van der Waals surface area contributed by atoms with Gasteiger partial charge >= 0.3 is 5.97 Å². The summed E-state index contributed by atoms with van der Waals surface area (Å²) in [5.41, 5.74) is 0.370. The maximum absolute atomic E-state index is 11.9. The van der Waals surface area contributed by atoms with Gasteiger partial charge in [0.2, 0.25) is 0 Å². The van der Waals surface area contributed by atoms with Crippen molar-refractivity contribution in [3.63, 3.8) is 0 Å². The topological polar surface area (TPSA) is 82.1 Å². The SMILES string of the molecule is O=C(O)COCC(=O)c1cc2c(cc1Br)OCCO2. The van der Waals surface area contributed by atoms with Gasteiger partial charge in [-0.15, -0.1) is 0 Å². The van der Waals surface area contributed by atoms with E-state index in [-0.39, 0.29) is 12.4 Å². The van der Waals surface area contributed by atoms with Gasteiger partial charge in [-0.2, -0.15) is 0 Å². The van der Waals surface area contributed by atoms with E-state index in [4.69, 9.17) is 19.3 Å². The fourth-order valence-corrected chi connectivity index (χ4v) is 2.13. The van der Waals surface area contributed by atoms with Crippen LogP contribution in [-0.2, 0) is 9.53 Å². The van der Waals surface area contributed by atoms with Gasteiger partial charge in [0.25, 0.3) is 0 Å². The van der Waals surface area contributed by atoms with Crippen molar-refractivity contribution in [1.82, 2.24) is 0 Å². The lowest BCUT2D eigenvalue weighted by molar-refractivity contribution is -0.141. The highest BCUT2D eigenvalue weighted by Gasteiger charge is 2.18. The smallest absolute Gasteiger partial charge is 0.329 e. The molecule has 7 heteroatoms. The third kappa shape index (κ3) is 3.45. The summed E-state index contributed by atoms with van der Waals surface area (Å²) in [6.07, 6.45) is 0. The molecule has 0 unspecified atom stereocenters. The van der Waals surface area contributed by atoms with Crippen LogP contribution in [0.3, 0.4) is 0 Å². The van der Waals surface area contributed by atoms with Crippen LogP contribution < -0.4 is 9.47 Å². The molecule has 0 radical (unpaired) electrons. The van der Waals surface area contributed by atoms with Crippen LogP contribution in [0.2, 0.25) is 0 Å². The number of halogens is 1. The van der Waals surface area contributed by atoms with Crippen molar-refractivity contribution in [3.8, 4) is 11.5 Å². The zero-order valence-corrected chi connectivity index (χ0v) is 11.4. The Hall–Kier alpha value is -1.60. The Labute approximate surface area is 117 Å². The Bertz CT molecular complexity index is 513. The Morgan fingerprint density at radius 3 is 2.47 bits per heavy atom. The van der Waals surface area contributed by atoms with Gasteiger partial charge < -0.3 is 19.3 Å². The van der Waals surface area contributed by atoms with Crippen LogP contribution in [0.1, 0.15) is 10.4 Å². The summed E-state index contributed by atoms with van der Waals surface area (Å²) in [4.78, 5) is 22.2. The number of benzene rings is 1. The molecule has 0 bridgehead atoms. The molecule has 0 saturated carbocycles. The zero-order chi connectivity index (χ0) is 13.8. The number of carbonyl (C=O) groups is 2. The lowest BCUT2D eigenvalue weighted by atomic mass is 10.1. The van der Waals surface area contributed by atoms with Crippen molar-refractivity contribution in [1.29, 1.82) is 0 Å². The van der Waals surface area contributed by atoms with Crippen molar-refractivity contribution in [2.75, 3.05) is 26.4 Å². The van der Waals surface area contributed by atoms with Crippen LogP contribution in [0, 0.1) is 0 Å². The molecule has 0 aromatic heterocycles. The van der Waals surface area contributed by atoms with E-state index in [9.17, 15) is 9.59 Å². The number of fused-ring (bicyclic) bond motifs is 1. The third-order valence-electron chi connectivity index (χ3n) is 2.39. The van der Waals surface area contributed by atoms with E-state index in [0.717, 1.165) is 0 Å². The summed E-state index contributed by atoms with van der Waals surface area (Å²) >= 11 is 3.27. The van der Waals surface area contributed by atoms with Gasteiger partial charge in [0.05, 0.1) is 0 Å². The second-order valence-corrected chi connectivity index (χ2v) is 4.64. The second-order valence-electron chi connectivity index (χ2n) is 3.79. The first kappa shape index (κ1) is 13.8. The van der Waals surface area contributed by atoms with E-state index in [1.165, 1.54) is 0 Å². The molecule has 1 N–H and O–H groups in total. The molecule has 0 atom stereocenters. The number of Topliss-reactive ketones (excluding diaryl/α,β-unsaturated/α-hetero) is 1. The van der Waals surface area contributed by atoms with E-state index in [1.54, 1.807) is 12.1 Å². The Morgan fingerprint density at radius 1 is 1.21 bits per heavy atom. The number of ether oxygens (including phenoxy) is 3. The quantitative estimate of drug-likeness (QED) is 0.824. The normalized spacial score (nSPS) is 13.1. The van der Waals surface area contributed by atoms with Crippen LogP contribution in [0.5, 0.6) is 11.5 Å². The van der Waals surface area contributed by atoms with Crippen LogP contribution in [0.15, 0.2) is 16.6 Å². The van der Waals surface area contributed by atoms with E-state index in [2.05, 4.69) is 15.9 Å². The lowest BCUT2D eigenvalue weighted by Gasteiger charge is -2.19. The number of hydrogen-bond donors (Lipinski definition) is 1. The minimum absolute atomic E-state index is 0.301. The predicted molar refractivity (Wildman–Crippen MR) is 67.9 cm³/mol. The molecule has 0 saturated heterocycles. The van der Waals surface area contributed by atoms with E-state index in [1.807, 2.05) is 0 Å². The molecule has 1 aliphatic heterocycles. The summed E-state index contributed by atoms with van der Waals surface area (Å²) in [6, 6.07) is 3.21. The summed E-state index contributed by atoms with van der Waals surface area (Å²) in [7, 11) is 0. The molecule has 0 amide bonds. The Balaban J connectivity index is 2.11. The monoisotopic (exact) mass is 330 g/mol. The first-order chi connectivity index (χ1) is 9.08. The minimum atomic E-state index is -1.12. The summed E-state index contributed by atoms with van der Waals surface area (Å²) < 4.78 is 16.1. The average molecular weight is 331 g/mol. The van der Waals surface area contributed by atoms with Gasteiger partial charge in [-0.1, -0.05) is 0 Å². The molecule has 1 aromatic rings. The number of rotatable bonds is 5. The van der Waals surface area contributed by atoms with E-state index < -0.39 is 12.6 Å². The highest BCUT2D eigenvalue weighted by atomic mass is 79.9. The Kier molecular flexibility index (Phi) is 4.39. The molecule has 6 nitrogen and oxygen atoms in total. The van der Waals surface area contributed by atoms with Crippen LogP contribution in [0.4, 0.5) is 0 Å². The number of ketones is 1. The highest BCUT2D eigenvalue weighted by Crippen LogP contribution is 2.35. The van der Waals surface area contributed by atoms with Crippen molar-refractivity contribution < 1.29 is 28.9 Å². The van der Waals surface area contributed by atoms with Crippen LogP contribution in [-0.4, -0.2) is 43.3 Å². The van der Waals surface area contributed by atoms with Gasteiger partial charge in [0.1, 0.15) is 26.4 Å².